The molecule has 6 rings (SSSR count). The van der Waals surface area contributed by atoms with Crippen LogP contribution in [0.3, 0.4) is 0 Å². The molecule has 6 heteroatoms. The normalized spacial score (nSPS) is 12.2. The van der Waals surface area contributed by atoms with Crippen molar-refractivity contribution >= 4 is 33.5 Å². The van der Waals surface area contributed by atoms with Crippen molar-refractivity contribution in [3.05, 3.63) is 132 Å². The van der Waals surface area contributed by atoms with E-state index in [1.165, 1.54) is 0 Å². The summed E-state index contributed by atoms with van der Waals surface area (Å²) in [6.07, 6.45) is 0. The van der Waals surface area contributed by atoms with Crippen molar-refractivity contribution in [1.29, 1.82) is 0 Å². The summed E-state index contributed by atoms with van der Waals surface area (Å²) in [7, 11) is 0. The first-order chi connectivity index (χ1) is 17.7. The number of aliphatic hydroxyl groups excluding tert-OH is 1. The zero-order valence-electron chi connectivity index (χ0n) is 19.6. The molecule has 6 nitrogen and oxygen atoms in total. The van der Waals surface area contributed by atoms with E-state index in [1.807, 2.05) is 94.1 Å². The Morgan fingerprint density at radius 1 is 0.583 bits per heavy atom. The number of nitrogens with two attached hydrogens (primary N) is 1. The van der Waals surface area contributed by atoms with E-state index in [1.54, 1.807) is 0 Å². The molecule has 0 spiro atoms. The summed E-state index contributed by atoms with van der Waals surface area (Å²) in [4.78, 5) is 9.57. The number of hydrogen-bond donors (Lipinski definition) is 2. The van der Waals surface area contributed by atoms with Crippen LogP contribution < -0.4 is 5.73 Å². The van der Waals surface area contributed by atoms with E-state index in [4.69, 9.17) is 15.7 Å². The molecule has 6 aromatic rings. The second-order valence-electron chi connectivity index (χ2n) is 8.75. The summed E-state index contributed by atoms with van der Waals surface area (Å²) < 4.78 is 4.04. The van der Waals surface area contributed by atoms with E-state index in [9.17, 15) is 5.11 Å². The number of rotatable bonds is 6. The zero-order chi connectivity index (χ0) is 24.5. The molecule has 0 saturated carbocycles. The van der Waals surface area contributed by atoms with Crippen molar-refractivity contribution in [2.24, 2.45) is 5.73 Å². The van der Waals surface area contributed by atoms with Gasteiger partial charge in [0.2, 0.25) is 0 Å². The quantitative estimate of drug-likeness (QED) is 0.300. The minimum Gasteiger partial charge on any atom is -0.503 e. The smallest absolute Gasteiger partial charge is 0.186 e. The summed E-state index contributed by atoms with van der Waals surface area (Å²) in [6.45, 7) is 1.12. The molecule has 0 bridgehead atoms. The predicted molar refractivity (Wildman–Crippen MR) is 144 cm³/mol. The van der Waals surface area contributed by atoms with Crippen LogP contribution in [0.1, 0.15) is 22.8 Å². The van der Waals surface area contributed by atoms with Crippen LogP contribution in [0, 0.1) is 0 Å². The zero-order valence-corrected chi connectivity index (χ0v) is 19.6. The van der Waals surface area contributed by atoms with Gasteiger partial charge in [0.05, 0.1) is 22.1 Å². The largest absolute Gasteiger partial charge is 0.503 e. The Hall–Kier alpha value is -4.84. The average molecular weight is 472 g/mol. The number of aliphatic hydroxyl groups is 1. The minimum absolute atomic E-state index is 0.0910. The Morgan fingerprint density at radius 3 is 1.53 bits per heavy atom. The summed E-state index contributed by atoms with van der Waals surface area (Å²) in [5.41, 5.74) is 12.6. The number of benzene rings is 4. The second kappa shape index (κ2) is 9.07. The number of imidazole rings is 2. The average Bonchev–Trinajstić information content (AvgIpc) is 3.48. The van der Waals surface area contributed by atoms with Gasteiger partial charge < -0.3 is 20.0 Å². The SMILES string of the molecule is NC(=C(O)c1nc2ccccc2n1Cc1ccccc1)c1nc2ccccc2n1Cc1ccccc1. The van der Waals surface area contributed by atoms with Crippen molar-refractivity contribution in [1.82, 2.24) is 19.1 Å². The first-order valence-electron chi connectivity index (χ1n) is 11.9. The van der Waals surface area contributed by atoms with Crippen LogP contribution in [-0.4, -0.2) is 24.2 Å². The van der Waals surface area contributed by atoms with Crippen molar-refractivity contribution in [2.75, 3.05) is 0 Å². The molecule has 0 fully saturated rings. The van der Waals surface area contributed by atoms with Crippen LogP contribution >= 0.6 is 0 Å². The predicted octanol–water partition coefficient (Wildman–Crippen LogP) is 5.83. The lowest BCUT2D eigenvalue weighted by molar-refractivity contribution is 0.499. The Labute approximate surface area is 208 Å². The topological polar surface area (TPSA) is 81.9 Å². The highest BCUT2D eigenvalue weighted by atomic mass is 16.3. The molecule has 4 aromatic carbocycles. The van der Waals surface area contributed by atoms with Gasteiger partial charge >= 0.3 is 0 Å². The summed E-state index contributed by atoms with van der Waals surface area (Å²) in [5.74, 6) is 0.832. The van der Waals surface area contributed by atoms with Gasteiger partial charge in [-0.3, -0.25) is 0 Å². The highest BCUT2D eigenvalue weighted by molar-refractivity contribution is 5.88. The molecule has 2 heterocycles. The summed E-state index contributed by atoms with van der Waals surface area (Å²) >= 11 is 0. The van der Waals surface area contributed by atoms with Gasteiger partial charge in [0, 0.05) is 13.1 Å². The summed E-state index contributed by atoms with van der Waals surface area (Å²) in [6, 6.07) is 36.0. The molecule has 0 radical (unpaired) electrons. The van der Waals surface area contributed by atoms with Crippen LogP contribution in [0.25, 0.3) is 33.5 Å². The fraction of sp³-hybridized carbons (Fsp3) is 0.0667. The summed E-state index contributed by atoms with van der Waals surface area (Å²) in [5, 5.41) is 11.5. The van der Waals surface area contributed by atoms with E-state index >= 15 is 0 Å². The van der Waals surface area contributed by atoms with Crippen LogP contribution in [-0.2, 0) is 13.1 Å². The number of hydrogen-bond acceptors (Lipinski definition) is 4. The monoisotopic (exact) mass is 471 g/mol. The maximum atomic E-state index is 11.5. The lowest BCUT2D eigenvalue weighted by Gasteiger charge is -2.13. The van der Waals surface area contributed by atoms with Gasteiger partial charge in [-0.05, 0) is 35.4 Å². The van der Waals surface area contributed by atoms with Crippen LogP contribution in [0.15, 0.2) is 109 Å². The third-order valence-corrected chi connectivity index (χ3v) is 6.38. The second-order valence-corrected chi connectivity index (χ2v) is 8.75. The van der Waals surface area contributed by atoms with Crippen LogP contribution in [0.2, 0.25) is 0 Å². The first kappa shape index (κ1) is 21.7. The van der Waals surface area contributed by atoms with Gasteiger partial charge in [0.25, 0.3) is 0 Å². The molecular weight excluding hydrogens is 446 g/mol. The Morgan fingerprint density at radius 2 is 1.00 bits per heavy atom. The molecule has 36 heavy (non-hydrogen) atoms. The Bertz CT molecular complexity index is 1570. The maximum absolute atomic E-state index is 11.5. The van der Waals surface area contributed by atoms with Gasteiger partial charge in [0.1, 0.15) is 5.70 Å². The van der Waals surface area contributed by atoms with Crippen molar-refractivity contribution in [2.45, 2.75) is 13.1 Å². The Kier molecular flexibility index (Phi) is 5.46. The van der Waals surface area contributed by atoms with Gasteiger partial charge in [0.15, 0.2) is 17.4 Å². The molecule has 176 valence electrons. The van der Waals surface area contributed by atoms with E-state index in [0.29, 0.717) is 24.7 Å². The minimum atomic E-state index is -0.0910. The highest BCUT2D eigenvalue weighted by Crippen LogP contribution is 2.28. The van der Waals surface area contributed by atoms with E-state index in [0.717, 1.165) is 33.2 Å². The van der Waals surface area contributed by atoms with Gasteiger partial charge in [-0.25, -0.2) is 9.97 Å². The molecule has 0 unspecified atom stereocenters. The third-order valence-electron chi connectivity index (χ3n) is 6.38. The van der Waals surface area contributed by atoms with Gasteiger partial charge in [-0.2, -0.15) is 0 Å². The van der Waals surface area contributed by atoms with Crippen LogP contribution in [0.4, 0.5) is 0 Å². The van der Waals surface area contributed by atoms with Crippen molar-refractivity contribution in [3.63, 3.8) is 0 Å². The standard InChI is InChI=1S/C30H25N5O/c31-27(29-32-23-15-7-9-17-25(23)34(29)19-21-11-3-1-4-12-21)28(36)30-33-24-16-8-10-18-26(24)35(30)20-22-13-5-2-6-14-22/h1-18,36H,19-20,31H2. The number of para-hydroxylation sites is 4. The van der Waals surface area contributed by atoms with E-state index < -0.39 is 0 Å². The molecule has 0 aliphatic carbocycles. The lowest BCUT2D eigenvalue weighted by Crippen LogP contribution is -2.13. The Balaban J connectivity index is 1.52. The van der Waals surface area contributed by atoms with Gasteiger partial charge in [-0.15, -0.1) is 0 Å². The van der Waals surface area contributed by atoms with E-state index in [-0.39, 0.29) is 11.5 Å². The highest BCUT2D eigenvalue weighted by Gasteiger charge is 2.21. The fourth-order valence-corrected chi connectivity index (χ4v) is 4.62. The molecule has 0 amide bonds. The lowest BCUT2D eigenvalue weighted by atomic mass is 10.2. The third kappa shape index (κ3) is 3.88. The van der Waals surface area contributed by atoms with Crippen molar-refractivity contribution in [3.8, 4) is 0 Å². The number of aromatic nitrogens is 4. The molecule has 3 N–H and O–H groups in total. The number of fused-ring (bicyclic) bond motifs is 2. The van der Waals surface area contributed by atoms with Crippen LogP contribution in [0.5, 0.6) is 0 Å². The molecular formula is C30H25N5O. The number of nitrogens with zero attached hydrogens (tertiary/aromatic N) is 4. The van der Waals surface area contributed by atoms with Gasteiger partial charge in [-0.1, -0.05) is 84.9 Å². The molecule has 0 aliphatic rings. The fourth-order valence-electron chi connectivity index (χ4n) is 4.62. The molecule has 0 atom stereocenters. The maximum Gasteiger partial charge on any atom is 0.186 e. The molecule has 2 aromatic heterocycles. The van der Waals surface area contributed by atoms with Crippen molar-refractivity contribution < 1.29 is 5.11 Å². The molecule has 0 saturated heterocycles. The molecule has 0 aliphatic heterocycles. The first-order valence-corrected chi connectivity index (χ1v) is 11.9. The van der Waals surface area contributed by atoms with E-state index in [2.05, 4.69) is 24.3 Å².